The first-order chi connectivity index (χ1) is 16.4. The number of fused-ring (bicyclic) bond motifs is 1. The zero-order chi connectivity index (χ0) is 24.3. The Balaban J connectivity index is 1.48. The number of carbonyl (C=O) groups excluding carboxylic acids is 3. The molecule has 1 aromatic heterocycles. The van der Waals surface area contributed by atoms with Gasteiger partial charge in [0, 0.05) is 37.1 Å². The minimum atomic E-state index is -1.01. The molecular weight excluding hydrogens is 430 g/mol. The van der Waals surface area contributed by atoms with Gasteiger partial charge >= 0.3 is 0 Å². The third-order valence-corrected chi connectivity index (χ3v) is 5.43. The van der Waals surface area contributed by atoms with Crippen molar-refractivity contribution in [2.24, 2.45) is 5.73 Å². The van der Waals surface area contributed by atoms with Crippen molar-refractivity contribution in [1.29, 1.82) is 0 Å². The predicted molar refractivity (Wildman–Crippen MR) is 132 cm³/mol. The summed E-state index contributed by atoms with van der Waals surface area (Å²) in [6, 6.07) is 18.2. The number of pyridine rings is 1. The van der Waals surface area contributed by atoms with Crippen LogP contribution in [0.4, 0.5) is 0 Å². The summed E-state index contributed by atoms with van der Waals surface area (Å²) in [6.45, 7) is 2.98. The highest BCUT2D eigenvalue weighted by Gasteiger charge is 2.24. The van der Waals surface area contributed by atoms with E-state index in [0.717, 1.165) is 22.0 Å². The van der Waals surface area contributed by atoms with Crippen LogP contribution in [0.5, 0.6) is 0 Å². The van der Waals surface area contributed by atoms with Crippen LogP contribution in [-0.4, -0.2) is 41.3 Å². The van der Waals surface area contributed by atoms with E-state index in [2.05, 4.69) is 20.9 Å². The van der Waals surface area contributed by atoms with Crippen molar-refractivity contribution in [2.75, 3.05) is 6.54 Å². The summed E-state index contributed by atoms with van der Waals surface area (Å²) >= 11 is 0. The number of nitrogens with zero attached hydrogens (tertiary/aromatic N) is 1. The molecule has 3 aromatic rings. The van der Waals surface area contributed by atoms with E-state index in [4.69, 9.17) is 5.73 Å². The van der Waals surface area contributed by atoms with E-state index >= 15 is 0 Å². The lowest BCUT2D eigenvalue weighted by molar-refractivity contribution is -0.131. The number of aryl methyl sites for hydroxylation is 1. The fourth-order valence-corrected chi connectivity index (χ4v) is 3.71. The second kappa shape index (κ2) is 12.5. The van der Waals surface area contributed by atoms with Crippen LogP contribution in [0.3, 0.4) is 0 Å². The molecule has 0 spiro atoms. The molecule has 5 N–H and O–H groups in total. The molecule has 1 heterocycles. The van der Waals surface area contributed by atoms with Crippen molar-refractivity contribution in [1.82, 2.24) is 20.9 Å². The number of aromatic nitrogens is 1. The van der Waals surface area contributed by atoms with Gasteiger partial charge in [0.25, 0.3) is 0 Å². The molecule has 2 atom stereocenters. The lowest BCUT2D eigenvalue weighted by Gasteiger charge is -2.21. The van der Waals surface area contributed by atoms with Gasteiger partial charge in [-0.05, 0) is 36.6 Å². The van der Waals surface area contributed by atoms with E-state index in [1.54, 1.807) is 6.20 Å². The first-order valence-corrected chi connectivity index (χ1v) is 11.4. The number of primary amides is 1. The number of carbonyl (C=O) groups is 3. The molecule has 8 nitrogen and oxygen atoms in total. The maximum absolute atomic E-state index is 12.7. The highest BCUT2D eigenvalue weighted by Crippen LogP contribution is 2.15. The lowest BCUT2D eigenvalue weighted by atomic mass is 10.1. The van der Waals surface area contributed by atoms with Gasteiger partial charge in [-0.15, -0.1) is 0 Å². The molecule has 0 saturated heterocycles. The number of hydrogen-bond acceptors (Lipinski definition) is 5. The molecule has 0 aliphatic carbocycles. The molecular formula is C26H31N5O3. The first kappa shape index (κ1) is 24.9. The number of hydrogen-bond donors (Lipinski definition) is 4. The van der Waals surface area contributed by atoms with Crippen molar-refractivity contribution in [2.45, 2.75) is 44.8 Å². The van der Waals surface area contributed by atoms with Crippen molar-refractivity contribution in [3.05, 3.63) is 78.0 Å². The molecule has 3 amide bonds. The second-order valence-electron chi connectivity index (χ2n) is 8.30. The molecule has 0 aliphatic rings. The number of para-hydroxylation sites is 1. The van der Waals surface area contributed by atoms with E-state index in [0.29, 0.717) is 19.5 Å². The van der Waals surface area contributed by atoms with Crippen LogP contribution in [0.15, 0.2) is 66.9 Å². The summed E-state index contributed by atoms with van der Waals surface area (Å²) in [5.41, 5.74) is 8.37. The Morgan fingerprint density at radius 2 is 1.71 bits per heavy atom. The van der Waals surface area contributed by atoms with Gasteiger partial charge in [0.1, 0.15) is 6.04 Å². The molecule has 0 radical (unpaired) electrons. The van der Waals surface area contributed by atoms with Crippen molar-refractivity contribution in [3.8, 4) is 0 Å². The Kier molecular flexibility index (Phi) is 9.11. The van der Waals surface area contributed by atoms with Crippen LogP contribution in [0.25, 0.3) is 10.9 Å². The molecule has 178 valence electrons. The summed E-state index contributed by atoms with van der Waals surface area (Å²) in [6.07, 6.45) is 2.27. The summed E-state index contributed by atoms with van der Waals surface area (Å²) in [7, 11) is 0. The van der Waals surface area contributed by atoms with Crippen LogP contribution in [0, 0.1) is 0 Å². The van der Waals surface area contributed by atoms with Crippen molar-refractivity contribution in [3.63, 3.8) is 0 Å². The van der Waals surface area contributed by atoms with Gasteiger partial charge in [-0.25, -0.2) is 0 Å². The largest absolute Gasteiger partial charge is 0.370 e. The highest BCUT2D eigenvalue weighted by molar-refractivity contribution is 5.91. The topological polar surface area (TPSA) is 126 Å². The summed E-state index contributed by atoms with van der Waals surface area (Å²) in [5.74, 6) is -1.39. The predicted octanol–water partition coefficient (Wildman–Crippen LogP) is 1.82. The van der Waals surface area contributed by atoms with Gasteiger partial charge in [0.05, 0.1) is 11.9 Å². The number of nitrogens with one attached hydrogen (secondary N) is 3. The Labute approximate surface area is 199 Å². The molecule has 2 unspecified atom stereocenters. The molecule has 0 saturated carbocycles. The highest BCUT2D eigenvalue weighted by atomic mass is 16.2. The molecule has 34 heavy (non-hydrogen) atoms. The number of rotatable bonds is 12. The molecule has 0 fully saturated rings. The second-order valence-corrected chi connectivity index (χ2v) is 8.30. The zero-order valence-corrected chi connectivity index (χ0v) is 19.3. The Morgan fingerprint density at radius 3 is 2.47 bits per heavy atom. The Hall–Kier alpha value is -3.78. The minimum Gasteiger partial charge on any atom is -0.370 e. The first-order valence-electron chi connectivity index (χ1n) is 11.4. The minimum absolute atomic E-state index is 0.212. The molecule has 2 aromatic carbocycles. The van der Waals surface area contributed by atoms with Gasteiger partial charge in [-0.1, -0.05) is 48.5 Å². The number of nitrogens with two attached hydrogens (primary N) is 1. The van der Waals surface area contributed by atoms with Gasteiger partial charge in [0.2, 0.25) is 17.7 Å². The molecule has 8 heteroatoms. The average molecular weight is 462 g/mol. The van der Waals surface area contributed by atoms with E-state index in [1.807, 2.05) is 67.6 Å². The van der Waals surface area contributed by atoms with Crippen LogP contribution in [-0.2, 0) is 27.3 Å². The monoisotopic (exact) mass is 461 g/mol. The van der Waals surface area contributed by atoms with E-state index in [1.165, 1.54) is 0 Å². The van der Waals surface area contributed by atoms with Crippen molar-refractivity contribution < 1.29 is 14.4 Å². The van der Waals surface area contributed by atoms with Crippen LogP contribution >= 0.6 is 0 Å². The third kappa shape index (κ3) is 7.67. The molecule has 0 aliphatic heterocycles. The smallest absolute Gasteiger partial charge is 0.243 e. The summed E-state index contributed by atoms with van der Waals surface area (Å²) in [5, 5.41) is 9.91. The van der Waals surface area contributed by atoms with Crippen LogP contribution < -0.4 is 21.7 Å². The lowest BCUT2D eigenvalue weighted by Crippen LogP contribution is -2.52. The number of amides is 3. The quantitative estimate of drug-likeness (QED) is 0.327. The zero-order valence-electron chi connectivity index (χ0n) is 19.3. The van der Waals surface area contributed by atoms with E-state index in [-0.39, 0.29) is 24.8 Å². The van der Waals surface area contributed by atoms with Gasteiger partial charge in [-0.2, -0.15) is 0 Å². The van der Waals surface area contributed by atoms with Crippen molar-refractivity contribution >= 4 is 28.6 Å². The molecule has 0 bridgehead atoms. The van der Waals surface area contributed by atoms with Gasteiger partial charge in [0.15, 0.2) is 0 Å². The Bertz CT molecular complexity index is 1110. The summed E-state index contributed by atoms with van der Waals surface area (Å²) < 4.78 is 0. The van der Waals surface area contributed by atoms with Crippen LogP contribution in [0.2, 0.25) is 0 Å². The summed E-state index contributed by atoms with van der Waals surface area (Å²) in [4.78, 5) is 40.9. The average Bonchev–Trinajstić information content (AvgIpc) is 2.83. The number of benzene rings is 2. The van der Waals surface area contributed by atoms with Crippen LogP contribution in [0.1, 0.15) is 30.9 Å². The van der Waals surface area contributed by atoms with E-state index < -0.39 is 17.9 Å². The third-order valence-electron chi connectivity index (χ3n) is 5.43. The maximum Gasteiger partial charge on any atom is 0.243 e. The normalized spacial score (nSPS) is 12.6. The van der Waals surface area contributed by atoms with E-state index in [9.17, 15) is 14.4 Å². The maximum atomic E-state index is 12.7. The molecule has 3 rings (SSSR count). The fraction of sp³-hybridized carbons (Fsp3) is 0.308. The SMILES string of the molecule is CC(CNCc1ccnc2ccccc12)NC(=O)C(CC(N)=O)NC(=O)CCc1ccccc1. The standard InChI is InChI=1S/C26H31N5O3/c1-18(16-28-17-20-13-14-29-22-10-6-5-9-21(20)22)30-26(34)23(15-24(27)32)31-25(33)12-11-19-7-3-2-4-8-19/h2-10,13-14,18,23,28H,11-12,15-17H2,1H3,(H2,27,32)(H,30,34)(H,31,33). The van der Waals surface area contributed by atoms with Gasteiger partial charge < -0.3 is 21.7 Å². The van der Waals surface area contributed by atoms with Gasteiger partial charge in [-0.3, -0.25) is 19.4 Å². The fourth-order valence-electron chi connectivity index (χ4n) is 3.71. The Morgan fingerprint density at radius 1 is 0.971 bits per heavy atom.